The van der Waals surface area contributed by atoms with Crippen LogP contribution in [0.5, 0.6) is 0 Å². The van der Waals surface area contributed by atoms with Gasteiger partial charge in [-0.2, -0.15) is 0 Å². The summed E-state index contributed by atoms with van der Waals surface area (Å²) in [6.45, 7) is 5.19. The molecule has 126 valence electrons. The first kappa shape index (κ1) is 15.9. The van der Waals surface area contributed by atoms with Crippen LogP contribution in [0.1, 0.15) is 16.8 Å². The molecule has 1 N–H and O–H groups in total. The zero-order valence-electron chi connectivity index (χ0n) is 14.5. The standard InChI is InChI=1S/C21H21N3S/c1-15-7-3-5-9-19(15)23-21-24(16(2)14-25-21)12-11-17-13-22-20-10-6-4-8-18(17)20/h3-10,13-14,22H,11-12H2,1-2H3. The second-order valence-corrected chi connectivity index (χ2v) is 7.16. The first-order valence-electron chi connectivity index (χ1n) is 8.52. The van der Waals surface area contributed by atoms with E-state index >= 15 is 0 Å². The van der Waals surface area contributed by atoms with Crippen molar-refractivity contribution in [3.63, 3.8) is 0 Å². The van der Waals surface area contributed by atoms with E-state index in [1.54, 1.807) is 11.3 Å². The van der Waals surface area contributed by atoms with Crippen molar-refractivity contribution in [3.8, 4) is 0 Å². The van der Waals surface area contributed by atoms with E-state index in [9.17, 15) is 0 Å². The normalized spacial score (nSPS) is 12.2. The van der Waals surface area contributed by atoms with Gasteiger partial charge < -0.3 is 9.55 Å². The third kappa shape index (κ3) is 3.17. The second-order valence-electron chi connectivity index (χ2n) is 6.32. The number of nitrogens with zero attached hydrogens (tertiary/aromatic N) is 2. The van der Waals surface area contributed by atoms with Crippen LogP contribution in [0.25, 0.3) is 10.9 Å². The third-order valence-electron chi connectivity index (χ3n) is 4.60. The van der Waals surface area contributed by atoms with E-state index in [1.165, 1.54) is 27.7 Å². The average molecular weight is 347 g/mol. The summed E-state index contributed by atoms with van der Waals surface area (Å²) < 4.78 is 2.32. The Labute approximate surface area is 151 Å². The fourth-order valence-electron chi connectivity index (χ4n) is 3.14. The van der Waals surface area contributed by atoms with Gasteiger partial charge in [0.2, 0.25) is 0 Å². The van der Waals surface area contributed by atoms with Gasteiger partial charge in [-0.1, -0.05) is 36.4 Å². The van der Waals surface area contributed by atoms with E-state index in [4.69, 9.17) is 4.99 Å². The van der Waals surface area contributed by atoms with Crippen molar-refractivity contribution >= 4 is 27.9 Å². The highest BCUT2D eigenvalue weighted by Gasteiger charge is 2.06. The highest BCUT2D eigenvalue weighted by atomic mass is 32.1. The fourth-order valence-corrected chi connectivity index (χ4v) is 4.05. The Kier molecular flexibility index (Phi) is 4.28. The number of hydrogen-bond acceptors (Lipinski definition) is 2. The van der Waals surface area contributed by atoms with Crippen molar-refractivity contribution in [3.05, 3.63) is 81.7 Å². The Hall–Kier alpha value is -2.59. The minimum Gasteiger partial charge on any atom is -0.361 e. The molecular weight excluding hydrogens is 326 g/mol. The summed E-state index contributed by atoms with van der Waals surface area (Å²) in [7, 11) is 0. The fraction of sp³-hybridized carbons (Fsp3) is 0.190. The largest absolute Gasteiger partial charge is 0.361 e. The molecular formula is C21H21N3S. The molecule has 2 heterocycles. The van der Waals surface area contributed by atoms with Crippen LogP contribution in [0, 0.1) is 13.8 Å². The van der Waals surface area contributed by atoms with Crippen LogP contribution in [0.15, 0.2) is 65.1 Å². The molecule has 0 aliphatic heterocycles. The number of aromatic nitrogens is 2. The van der Waals surface area contributed by atoms with Crippen molar-refractivity contribution < 1.29 is 0 Å². The highest BCUT2D eigenvalue weighted by Crippen LogP contribution is 2.19. The summed E-state index contributed by atoms with van der Waals surface area (Å²) in [6.07, 6.45) is 3.12. The lowest BCUT2D eigenvalue weighted by molar-refractivity contribution is 0.660. The SMILES string of the molecule is Cc1ccccc1N=c1scc(C)n1CCc1c[nH]c2ccccc12. The summed E-state index contributed by atoms with van der Waals surface area (Å²) >= 11 is 1.71. The van der Waals surface area contributed by atoms with Crippen molar-refractivity contribution in [1.82, 2.24) is 9.55 Å². The molecule has 3 nitrogen and oxygen atoms in total. The Balaban J connectivity index is 1.65. The maximum atomic E-state index is 4.90. The number of fused-ring (bicyclic) bond motifs is 1. The lowest BCUT2D eigenvalue weighted by Gasteiger charge is -2.06. The van der Waals surface area contributed by atoms with Gasteiger partial charge in [-0.3, -0.25) is 0 Å². The Bertz CT molecular complexity index is 1080. The monoisotopic (exact) mass is 347 g/mol. The van der Waals surface area contributed by atoms with Gasteiger partial charge in [0.1, 0.15) is 0 Å². The number of para-hydroxylation sites is 2. The highest BCUT2D eigenvalue weighted by molar-refractivity contribution is 7.07. The third-order valence-corrected chi connectivity index (χ3v) is 5.58. The molecule has 4 rings (SSSR count). The molecule has 2 aromatic carbocycles. The molecule has 0 aliphatic carbocycles. The van der Waals surface area contributed by atoms with E-state index < -0.39 is 0 Å². The summed E-state index contributed by atoms with van der Waals surface area (Å²) in [4.78, 5) is 9.32. The summed E-state index contributed by atoms with van der Waals surface area (Å²) in [5.41, 5.74) is 6.07. The van der Waals surface area contributed by atoms with Crippen molar-refractivity contribution in [2.24, 2.45) is 4.99 Å². The Morgan fingerprint density at radius 3 is 2.72 bits per heavy atom. The number of nitrogens with one attached hydrogen (secondary N) is 1. The number of rotatable bonds is 4. The summed E-state index contributed by atoms with van der Waals surface area (Å²) in [6, 6.07) is 16.8. The molecule has 0 saturated carbocycles. The van der Waals surface area contributed by atoms with E-state index in [-0.39, 0.29) is 0 Å². The van der Waals surface area contributed by atoms with E-state index in [2.05, 4.69) is 77.4 Å². The Morgan fingerprint density at radius 1 is 1.04 bits per heavy atom. The molecule has 0 atom stereocenters. The molecule has 0 radical (unpaired) electrons. The lowest BCUT2D eigenvalue weighted by atomic mass is 10.1. The van der Waals surface area contributed by atoms with Crippen molar-refractivity contribution in [2.75, 3.05) is 0 Å². The number of benzene rings is 2. The van der Waals surface area contributed by atoms with Crippen LogP contribution >= 0.6 is 11.3 Å². The number of H-pyrrole nitrogens is 1. The first-order valence-corrected chi connectivity index (χ1v) is 9.40. The van der Waals surface area contributed by atoms with Crippen molar-refractivity contribution in [2.45, 2.75) is 26.8 Å². The molecule has 0 fully saturated rings. The van der Waals surface area contributed by atoms with E-state index in [1.807, 2.05) is 6.07 Å². The molecule has 0 amide bonds. The van der Waals surface area contributed by atoms with Gasteiger partial charge in [-0.05, 0) is 43.5 Å². The van der Waals surface area contributed by atoms with Gasteiger partial charge in [0, 0.05) is 34.7 Å². The van der Waals surface area contributed by atoms with Gasteiger partial charge in [-0.15, -0.1) is 11.3 Å². The molecule has 4 heteroatoms. The van der Waals surface area contributed by atoms with Crippen LogP contribution in [0.3, 0.4) is 0 Å². The first-order chi connectivity index (χ1) is 12.2. The molecule has 0 spiro atoms. The van der Waals surface area contributed by atoms with E-state index in [0.29, 0.717) is 0 Å². The van der Waals surface area contributed by atoms with Gasteiger partial charge in [-0.25, -0.2) is 4.99 Å². The summed E-state index contributed by atoms with van der Waals surface area (Å²) in [5, 5.41) is 3.50. The smallest absolute Gasteiger partial charge is 0.190 e. The minimum absolute atomic E-state index is 0.932. The predicted molar refractivity (Wildman–Crippen MR) is 105 cm³/mol. The topological polar surface area (TPSA) is 33.1 Å². The lowest BCUT2D eigenvalue weighted by Crippen LogP contribution is -2.17. The number of hydrogen-bond donors (Lipinski definition) is 1. The molecule has 2 aromatic heterocycles. The zero-order chi connectivity index (χ0) is 17.2. The minimum atomic E-state index is 0.932. The van der Waals surface area contributed by atoms with Crippen LogP contribution in [0.2, 0.25) is 0 Å². The maximum absolute atomic E-state index is 4.90. The van der Waals surface area contributed by atoms with Crippen LogP contribution in [-0.2, 0) is 13.0 Å². The molecule has 0 bridgehead atoms. The zero-order valence-corrected chi connectivity index (χ0v) is 15.3. The van der Waals surface area contributed by atoms with Crippen LogP contribution < -0.4 is 4.80 Å². The molecule has 4 aromatic rings. The van der Waals surface area contributed by atoms with Gasteiger partial charge in [0.15, 0.2) is 4.80 Å². The number of aryl methyl sites for hydroxylation is 3. The predicted octanol–water partition coefficient (Wildman–Crippen LogP) is 5.12. The van der Waals surface area contributed by atoms with Crippen LogP contribution in [0.4, 0.5) is 5.69 Å². The van der Waals surface area contributed by atoms with Crippen molar-refractivity contribution in [1.29, 1.82) is 0 Å². The number of aromatic amines is 1. The van der Waals surface area contributed by atoms with Gasteiger partial charge in [0.25, 0.3) is 0 Å². The molecule has 0 unspecified atom stereocenters. The quantitative estimate of drug-likeness (QED) is 0.531. The summed E-state index contributed by atoms with van der Waals surface area (Å²) in [5.74, 6) is 0. The molecule has 25 heavy (non-hydrogen) atoms. The van der Waals surface area contributed by atoms with Gasteiger partial charge >= 0.3 is 0 Å². The van der Waals surface area contributed by atoms with Crippen LogP contribution in [-0.4, -0.2) is 9.55 Å². The second kappa shape index (κ2) is 6.73. The van der Waals surface area contributed by atoms with E-state index in [0.717, 1.165) is 23.5 Å². The molecule has 0 aliphatic rings. The van der Waals surface area contributed by atoms with Gasteiger partial charge in [0.05, 0.1) is 5.69 Å². The molecule has 0 saturated heterocycles. The average Bonchev–Trinajstić information content (AvgIpc) is 3.19. The maximum Gasteiger partial charge on any atom is 0.190 e. The number of thiazole rings is 1. The Morgan fingerprint density at radius 2 is 1.84 bits per heavy atom.